The van der Waals surface area contributed by atoms with E-state index in [-0.39, 0.29) is 5.91 Å². The van der Waals surface area contributed by atoms with Gasteiger partial charge in [0.15, 0.2) is 0 Å². The minimum atomic E-state index is 0.176. The molecule has 1 aromatic heterocycles. The molecule has 0 unspecified atom stereocenters. The number of nitrogens with one attached hydrogen (secondary N) is 1. The van der Waals surface area contributed by atoms with Gasteiger partial charge in [0.25, 0.3) is 0 Å². The number of pyridine rings is 1. The number of carbonyl (C=O) groups excluding carboxylic acids is 1. The van der Waals surface area contributed by atoms with Crippen LogP contribution in [0.4, 0.5) is 0 Å². The number of hydrogen-bond acceptors (Lipinski definition) is 4. The smallest absolute Gasteiger partial charge is 0.236 e. The van der Waals surface area contributed by atoms with Gasteiger partial charge in [-0.15, -0.1) is 0 Å². The summed E-state index contributed by atoms with van der Waals surface area (Å²) in [6.45, 7) is 2.77. The molecule has 1 fully saturated rings. The maximum Gasteiger partial charge on any atom is 0.236 e. The van der Waals surface area contributed by atoms with Crippen LogP contribution in [0.3, 0.4) is 0 Å². The van der Waals surface area contributed by atoms with Crippen LogP contribution in [0.25, 0.3) is 0 Å². The number of aromatic nitrogens is 1. The van der Waals surface area contributed by atoms with Gasteiger partial charge in [-0.2, -0.15) is 0 Å². The van der Waals surface area contributed by atoms with Crippen LogP contribution in [0.15, 0.2) is 18.3 Å². The number of hydrogen-bond donors (Lipinski definition) is 1. The molecule has 2 rings (SSSR count). The molecule has 1 aromatic rings. The van der Waals surface area contributed by atoms with E-state index in [1.807, 2.05) is 17.0 Å². The van der Waals surface area contributed by atoms with Crippen LogP contribution in [0.2, 0.25) is 0 Å². The Hall–Kier alpha value is -1.62. The summed E-state index contributed by atoms with van der Waals surface area (Å²) in [5.41, 5.74) is 0.967. The van der Waals surface area contributed by atoms with Gasteiger partial charge in [0.05, 0.1) is 13.7 Å². The van der Waals surface area contributed by atoms with Crippen molar-refractivity contribution in [3.05, 3.63) is 23.9 Å². The van der Waals surface area contributed by atoms with Crippen molar-refractivity contribution < 1.29 is 9.53 Å². The van der Waals surface area contributed by atoms with Crippen LogP contribution in [0.1, 0.15) is 18.4 Å². The summed E-state index contributed by atoms with van der Waals surface area (Å²) in [5, 5.41) is 3.14. The van der Waals surface area contributed by atoms with Crippen molar-refractivity contribution in [1.82, 2.24) is 15.2 Å². The van der Waals surface area contributed by atoms with Gasteiger partial charge in [-0.3, -0.25) is 4.79 Å². The lowest BCUT2D eigenvalue weighted by atomic mass is 10.2. The largest absolute Gasteiger partial charge is 0.481 e. The Morgan fingerprint density at radius 1 is 1.50 bits per heavy atom. The Morgan fingerprint density at radius 3 is 3.00 bits per heavy atom. The average molecular weight is 249 g/mol. The van der Waals surface area contributed by atoms with E-state index in [4.69, 9.17) is 4.74 Å². The molecular formula is C13H19N3O2. The van der Waals surface area contributed by atoms with Crippen LogP contribution >= 0.6 is 0 Å². The molecule has 0 radical (unpaired) electrons. The van der Waals surface area contributed by atoms with Crippen molar-refractivity contribution >= 4 is 5.91 Å². The Bertz CT molecular complexity index is 403. The lowest BCUT2D eigenvalue weighted by Gasteiger charge is -2.15. The van der Waals surface area contributed by atoms with Crippen molar-refractivity contribution in [3.63, 3.8) is 0 Å². The van der Waals surface area contributed by atoms with Crippen LogP contribution in [-0.2, 0) is 11.3 Å². The number of amides is 1. The highest BCUT2D eigenvalue weighted by Crippen LogP contribution is 2.12. The van der Waals surface area contributed by atoms with Gasteiger partial charge < -0.3 is 15.0 Å². The fraction of sp³-hybridized carbons (Fsp3) is 0.538. The maximum absolute atomic E-state index is 11.8. The number of rotatable bonds is 5. The summed E-state index contributed by atoms with van der Waals surface area (Å²) in [6.07, 6.45) is 3.95. The molecule has 1 aliphatic heterocycles. The van der Waals surface area contributed by atoms with Crippen molar-refractivity contribution in [1.29, 1.82) is 0 Å². The van der Waals surface area contributed by atoms with Crippen LogP contribution in [0, 0.1) is 0 Å². The van der Waals surface area contributed by atoms with Crippen LogP contribution < -0.4 is 10.1 Å². The fourth-order valence-electron chi connectivity index (χ4n) is 2.12. The normalized spacial score (nSPS) is 14.8. The third kappa shape index (κ3) is 3.20. The molecule has 0 saturated carbocycles. The SMILES string of the molecule is COc1ncccc1CNCC(=O)N1CCCC1. The predicted molar refractivity (Wildman–Crippen MR) is 68.3 cm³/mol. The monoisotopic (exact) mass is 249 g/mol. The van der Waals surface area contributed by atoms with Crippen molar-refractivity contribution in [3.8, 4) is 5.88 Å². The van der Waals surface area contributed by atoms with Crippen molar-refractivity contribution in [2.75, 3.05) is 26.7 Å². The van der Waals surface area contributed by atoms with E-state index in [0.717, 1.165) is 31.5 Å². The summed E-state index contributed by atoms with van der Waals surface area (Å²) in [6, 6.07) is 3.81. The first-order valence-electron chi connectivity index (χ1n) is 6.27. The summed E-state index contributed by atoms with van der Waals surface area (Å²) in [5.74, 6) is 0.786. The molecule has 1 N–H and O–H groups in total. The zero-order valence-electron chi connectivity index (χ0n) is 10.7. The first kappa shape index (κ1) is 12.8. The second kappa shape index (κ2) is 6.35. The molecular weight excluding hydrogens is 230 g/mol. The molecule has 1 saturated heterocycles. The Balaban J connectivity index is 1.79. The van der Waals surface area contributed by atoms with E-state index in [1.54, 1.807) is 13.3 Å². The van der Waals surface area contributed by atoms with E-state index in [1.165, 1.54) is 0 Å². The van der Waals surface area contributed by atoms with E-state index < -0.39 is 0 Å². The molecule has 0 atom stereocenters. The summed E-state index contributed by atoms with van der Waals surface area (Å²) < 4.78 is 5.16. The average Bonchev–Trinajstić information content (AvgIpc) is 2.93. The maximum atomic E-state index is 11.8. The van der Waals surface area contributed by atoms with E-state index in [0.29, 0.717) is 19.0 Å². The zero-order chi connectivity index (χ0) is 12.8. The van der Waals surface area contributed by atoms with Gasteiger partial charge >= 0.3 is 0 Å². The fourth-order valence-corrected chi connectivity index (χ4v) is 2.12. The predicted octanol–water partition coefficient (Wildman–Crippen LogP) is 0.802. The second-order valence-corrected chi connectivity index (χ2v) is 4.36. The minimum absolute atomic E-state index is 0.176. The second-order valence-electron chi connectivity index (χ2n) is 4.36. The van der Waals surface area contributed by atoms with Gasteiger partial charge in [0, 0.05) is 31.4 Å². The molecule has 5 nitrogen and oxygen atoms in total. The van der Waals surface area contributed by atoms with Crippen LogP contribution in [-0.4, -0.2) is 42.5 Å². The first-order chi connectivity index (χ1) is 8.81. The number of nitrogens with zero attached hydrogens (tertiary/aromatic N) is 2. The van der Waals surface area contributed by atoms with Crippen molar-refractivity contribution in [2.45, 2.75) is 19.4 Å². The number of carbonyl (C=O) groups is 1. The zero-order valence-corrected chi connectivity index (χ0v) is 10.7. The lowest BCUT2D eigenvalue weighted by molar-refractivity contribution is -0.129. The molecule has 2 heterocycles. The molecule has 5 heteroatoms. The van der Waals surface area contributed by atoms with E-state index in [2.05, 4.69) is 10.3 Å². The lowest BCUT2D eigenvalue weighted by Crippen LogP contribution is -2.36. The molecule has 0 aromatic carbocycles. The topological polar surface area (TPSA) is 54.5 Å². The molecule has 0 bridgehead atoms. The Labute approximate surface area is 107 Å². The highest BCUT2D eigenvalue weighted by Gasteiger charge is 2.17. The third-order valence-electron chi connectivity index (χ3n) is 3.09. The molecule has 18 heavy (non-hydrogen) atoms. The Kier molecular flexibility index (Phi) is 4.52. The molecule has 0 aliphatic carbocycles. The number of methoxy groups -OCH3 is 1. The van der Waals surface area contributed by atoms with Gasteiger partial charge in [-0.1, -0.05) is 6.07 Å². The third-order valence-corrected chi connectivity index (χ3v) is 3.09. The Morgan fingerprint density at radius 2 is 2.28 bits per heavy atom. The van der Waals surface area contributed by atoms with E-state index in [9.17, 15) is 4.79 Å². The molecule has 0 spiro atoms. The molecule has 98 valence electrons. The van der Waals surface area contributed by atoms with Gasteiger partial charge in [-0.05, 0) is 18.9 Å². The molecule has 1 aliphatic rings. The van der Waals surface area contributed by atoms with Crippen molar-refractivity contribution in [2.24, 2.45) is 0 Å². The number of likely N-dealkylation sites (tertiary alicyclic amines) is 1. The summed E-state index contributed by atoms with van der Waals surface area (Å²) in [4.78, 5) is 17.8. The van der Waals surface area contributed by atoms with E-state index >= 15 is 0 Å². The number of ether oxygens (including phenoxy) is 1. The van der Waals surface area contributed by atoms with Gasteiger partial charge in [0.2, 0.25) is 11.8 Å². The van der Waals surface area contributed by atoms with Gasteiger partial charge in [-0.25, -0.2) is 4.98 Å². The summed E-state index contributed by atoms with van der Waals surface area (Å²) >= 11 is 0. The summed E-state index contributed by atoms with van der Waals surface area (Å²) in [7, 11) is 1.60. The van der Waals surface area contributed by atoms with Gasteiger partial charge in [0.1, 0.15) is 0 Å². The first-order valence-corrected chi connectivity index (χ1v) is 6.27. The minimum Gasteiger partial charge on any atom is -0.481 e. The molecule has 1 amide bonds. The van der Waals surface area contributed by atoms with Crippen LogP contribution in [0.5, 0.6) is 5.88 Å². The highest BCUT2D eigenvalue weighted by atomic mass is 16.5. The highest BCUT2D eigenvalue weighted by molar-refractivity contribution is 5.78. The quantitative estimate of drug-likeness (QED) is 0.838. The standard InChI is InChI=1S/C13H19N3O2/c1-18-13-11(5-4-6-15-13)9-14-10-12(17)16-7-2-3-8-16/h4-6,14H,2-3,7-10H2,1H3.